The molecule has 0 aromatic carbocycles. The fourth-order valence-corrected chi connectivity index (χ4v) is 0.549. The lowest BCUT2D eigenvalue weighted by Crippen LogP contribution is -2.27. The van der Waals surface area contributed by atoms with E-state index in [-0.39, 0.29) is 12.1 Å². The Morgan fingerprint density at radius 1 is 1.88 bits per heavy atom. The van der Waals surface area contributed by atoms with E-state index in [4.69, 9.17) is 4.74 Å². The van der Waals surface area contributed by atoms with E-state index in [9.17, 15) is 4.79 Å². The second-order valence-corrected chi connectivity index (χ2v) is 1.52. The van der Waals surface area contributed by atoms with Crippen molar-refractivity contribution in [2.75, 3.05) is 7.11 Å². The van der Waals surface area contributed by atoms with Gasteiger partial charge in [0.25, 0.3) is 0 Å². The van der Waals surface area contributed by atoms with Crippen molar-refractivity contribution in [1.82, 2.24) is 5.32 Å². The van der Waals surface area contributed by atoms with Crippen LogP contribution < -0.4 is 5.32 Å². The van der Waals surface area contributed by atoms with E-state index in [1.807, 2.05) is 0 Å². The SMILES string of the molecule is COC1C=CC(=O)N1. The lowest BCUT2D eigenvalue weighted by Gasteiger charge is -2.03. The summed E-state index contributed by atoms with van der Waals surface area (Å²) in [6, 6.07) is 0. The Morgan fingerprint density at radius 2 is 2.62 bits per heavy atom. The van der Waals surface area contributed by atoms with Crippen LogP contribution in [0, 0.1) is 0 Å². The first kappa shape index (κ1) is 5.31. The van der Waals surface area contributed by atoms with Gasteiger partial charge >= 0.3 is 0 Å². The topological polar surface area (TPSA) is 38.3 Å². The molecule has 1 unspecified atom stereocenters. The molecule has 1 atom stereocenters. The lowest BCUT2D eigenvalue weighted by atomic mass is 10.5. The van der Waals surface area contributed by atoms with Crippen LogP contribution in [0.25, 0.3) is 0 Å². The molecule has 0 fully saturated rings. The van der Waals surface area contributed by atoms with Crippen LogP contribution >= 0.6 is 0 Å². The van der Waals surface area contributed by atoms with Crippen LogP contribution in [0.1, 0.15) is 0 Å². The van der Waals surface area contributed by atoms with Crippen molar-refractivity contribution in [3.63, 3.8) is 0 Å². The molecule has 8 heavy (non-hydrogen) atoms. The van der Waals surface area contributed by atoms with Crippen molar-refractivity contribution in [1.29, 1.82) is 0 Å². The Morgan fingerprint density at radius 3 is 2.88 bits per heavy atom. The molecular weight excluding hydrogens is 106 g/mol. The summed E-state index contributed by atoms with van der Waals surface area (Å²) >= 11 is 0. The molecule has 0 aromatic rings. The van der Waals surface area contributed by atoms with E-state index < -0.39 is 0 Å². The van der Waals surface area contributed by atoms with Crippen LogP contribution in [0.3, 0.4) is 0 Å². The summed E-state index contributed by atoms with van der Waals surface area (Å²) in [5, 5.41) is 2.53. The average molecular weight is 113 g/mol. The van der Waals surface area contributed by atoms with Crippen LogP contribution in [0.15, 0.2) is 12.2 Å². The highest BCUT2D eigenvalue weighted by Gasteiger charge is 2.10. The normalized spacial score (nSPS) is 26.1. The zero-order chi connectivity index (χ0) is 5.98. The second kappa shape index (κ2) is 1.96. The predicted octanol–water partition coefficient (Wildman–Crippen LogP) is -0.355. The molecule has 1 aliphatic rings. The molecule has 0 spiro atoms. The molecule has 1 amide bonds. The number of amides is 1. The number of hydrogen-bond donors (Lipinski definition) is 1. The van der Waals surface area contributed by atoms with Crippen molar-refractivity contribution >= 4 is 5.91 Å². The Labute approximate surface area is 47.3 Å². The number of nitrogens with one attached hydrogen (secondary N) is 1. The Hall–Kier alpha value is -0.830. The van der Waals surface area contributed by atoms with Gasteiger partial charge < -0.3 is 10.1 Å². The minimum absolute atomic E-state index is 0.0862. The maximum atomic E-state index is 10.3. The zero-order valence-electron chi connectivity index (χ0n) is 4.55. The second-order valence-electron chi connectivity index (χ2n) is 1.52. The fraction of sp³-hybridized carbons (Fsp3) is 0.400. The number of carbonyl (C=O) groups is 1. The van der Waals surface area contributed by atoms with Gasteiger partial charge in [-0.3, -0.25) is 4.79 Å². The van der Waals surface area contributed by atoms with Gasteiger partial charge in [0.05, 0.1) is 0 Å². The predicted molar refractivity (Wildman–Crippen MR) is 28.1 cm³/mol. The molecule has 1 heterocycles. The van der Waals surface area contributed by atoms with Crippen molar-refractivity contribution in [3.05, 3.63) is 12.2 Å². The van der Waals surface area contributed by atoms with Crippen LogP contribution in [0.5, 0.6) is 0 Å². The number of carbonyl (C=O) groups excluding carboxylic acids is 1. The highest BCUT2D eigenvalue weighted by atomic mass is 16.5. The zero-order valence-corrected chi connectivity index (χ0v) is 4.55. The minimum atomic E-state index is -0.206. The molecule has 0 saturated heterocycles. The summed E-state index contributed by atoms with van der Waals surface area (Å²) in [7, 11) is 1.54. The van der Waals surface area contributed by atoms with E-state index in [0.29, 0.717) is 0 Å². The summed E-state index contributed by atoms with van der Waals surface area (Å²) in [4.78, 5) is 10.3. The Bertz CT molecular complexity index is 130. The number of methoxy groups -OCH3 is 1. The fourth-order valence-electron chi connectivity index (χ4n) is 0.549. The summed E-state index contributed by atoms with van der Waals surface area (Å²) in [5.74, 6) is -0.0862. The van der Waals surface area contributed by atoms with E-state index in [1.165, 1.54) is 6.08 Å². The van der Waals surface area contributed by atoms with Gasteiger partial charge in [-0.05, 0) is 6.08 Å². The third-order valence-corrected chi connectivity index (χ3v) is 0.961. The molecule has 0 bridgehead atoms. The molecule has 0 aliphatic carbocycles. The molecule has 1 rings (SSSR count). The van der Waals surface area contributed by atoms with Crippen LogP contribution in [0.4, 0.5) is 0 Å². The molecule has 1 aliphatic heterocycles. The summed E-state index contributed by atoms with van der Waals surface area (Å²) in [5.41, 5.74) is 0. The van der Waals surface area contributed by atoms with Gasteiger partial charge in [-0.2, -0.15) is 0 Å². The highest BCUT2D eigenvalue weighted by molar-refractivity contribution is 5.90. The summed E-state index contributed by atoms with van der Waals surface area (Å²) < 4.78 is 4.76. The van der Waals surface area contributed by atoms with Crippen molar-refractivity contribution in [2.24, 2.45) is 0 Å². The van der Waals surface area contributed by atoms with Crippen molar-refractivity contribution in [3.8, 4) is 0 Å². The summed E-state index contributed by atoms with van der Waals surface area (Å²) in [6.07, 6.45) is 2.92. The molecular formula is C5H7NO2. The maximum Gasteiger partial charge on any atom is 0.246 e. The number of rotatable bonds is 1. The molecule has 0 saturated carbocycles. The molecule has 1 N–H and O–H groups in total. The first-order valence-electron chi connectivity index (χ1n) is 2.34. The van der Waals surface area contributed by atoms with Gasteiger partial charge in [0.1, 0.15) is 6.23 Å². The van der Waals surface area contributed by atoms with Crippen LogP contribution in [0.2, 0.25) is 0 Å². The smallest absolute Gasteiger partial charge is 0.246 e. The van der Waals surface area contributed by atoms with E-state index in [1.54, 1.807) is 13.2 Å². The van der Waals surface area contributed by atoms with Gasteiger partial charge in [0.2, 0.25) is 5.91 Å². The monoisotopic (exact) mass is 113 g/mol. The van der Waals surface area contributed by atoms with Gasteiger partial charge in [-0.1, -0.05) is 0 Å². The van der Waals surface area contributed by atoms with Crippen molar-refractivity contribution < 1.29 is 9.53 Å². The van der Waals surface area contributed by atoms with Crippen LogP contribution in [-0.2, 0) is 9.53 Å². The molecule has 0 radical (unpaired) electrons. The molecule has 0 aromatic heterocycles. The molecule has 3 nitrogen and oxygen atoms in total. The standard InChI is InChI=1S/C5H7NO2/c1-8-5-3-2-4(7)6-5/h2-3,5H,1H3,(H,6,7). The largest absolute Gasteiger partial charge is 0.358 e. The number of ether oxygens (including phenoxy) is 1. The third-order valence-electron chi connectivity index (χ3n) is 0.961. The van der Waals surface area contributed by atoms with E-state index >= 15 is 0 Å². The van der Waals surface area contributed by atoms with Gasteiger partial charge in [-0.15, -0.1) is 0 Å². The van der Waals surface area contributed by atoms with Gasteiger partial charge in [-0.25, -0.2) is 0 Å². The molecule has 3 heteroatoms. The quantitative estimate of drug-likeness (QED) is 0.504. The number of hydrogen-bond acceptors (Lipinski definition) is 2. The van der Waals surface area contributed by atoms with Gasteiger partial charge in [0.15, 0.2) is 0 Å². The molecule has 44 valence electrons. The Kier molecular flexibility index (Phi) is 1.30. The third kappa shape index (κ3) is 0.869. The summed E-state index contributed by atoms with van der Waals surface area (Å²) in [6.45, 7) is 0. The maximum absolute atomic E-state index is 10.3. The minimum Gasteiger partial charge on any atom is -0.358 e. The average Bonchev–Trinajstić information content (AvgIpc) is 2.14. The van der Waals surface area contributed by atoms with E-state index in [2.05, 4.69) is 5.32 Å². The lowest BCUT2D eigenvalue weighted by molar-refractivity contribution is -0.117. The highest BCUT2D eigenvalue weighted by Crippen LogP contribution is 1.94. The first-order valence-corrected chi connectivity index (χ1v) is 2.34. The van der Waals surface area contributed by atoms with Crippen LogP contribution in [-0.4, -0.2) is 19.2 Å². The van der Waals surface area contributed by atoms with Crippen molar-refractivity contribution in [2.45, 2.75) is 6.23 Å². The van der Waals surface area contributed by atoms with E-state index in [0.717, 1.165) is 0 Å². The first-order chi connectivity index (χ1) is 3.83. The Balaban J connectivity index is 2.46. The van der Waals surface area contributed by atoms with Gasteiger partial charge in [0, 0.05) is 13.2 Å².